The lowest BCUT2D eigenvalue weighted by Gasteiger charge is -2.20. The van der Waals surface area contributed by atoms with Crippen LogP contribution in [0, 0.1) is 10.1 Å². The number of non-ortho nitro benzene ring substituents is 1. The first-order valence-electron chi connectivity index (χ1n) is 8.18. The van der Waals surface area contributed by atoms with Gasteiger partial charge in [0.25, 0.3) is 15.7 Å². The van der Waals surface area contributed by atoms with Crippen LogP contribution < -0.4 is 14.4 Å². The normalized spacial score (nSPS) is 14.2. The number of nitrogens with zero attached hydrogens (tertiary/aromatic N) is 2. The number of nitrogens with one attached hydrogen (secondary N) is 1. The fourth-order valence-corrected chi connectivity index (χ4v) is 4.17. The van der Waals surface area contributed by atoms with E-state index in [-0.39, 0.29) is 27.2 Å². The van der Waals surface area contributed by atoms with Crippen molar-refractivity contribution in [3.8, 4) is 5.75 Å². The molecule has 2 aromatic rings. The lowest BCUT2D eigenvalue weighted by Crippen LogP contribution is -2.25. The van der Waals surface area contributed by atoms with Gasteiger partial charge in [0.2, 0.25) is 5.91 Å². The second-order valence-electron chi connectivity index (χ2n) is 6.01. The molecule has 3 rings (SSSR count). The van der Waals surface area contributed by atoms with Gasteiger partial charge in [-0.15, -0.1) is 0 Å². The molecule has 1 N–H and O–H groups in total. The van der Waals surface area contributed by atoms with E-state index in [1.807, 2.05) is 0 Å². The minimum atomic E-state index is -4.12. The molecule has 1 heterocycles. The molecule has 0 unspecified atom stereocenters. The topological polar surface area (TPSA) is 119 Å². The van der Waals surface area contributed by atoms with Crippen LogP contribution in [-0.4, -0.2) is 32.9 Å². The van der Waals surface area contributed by atoms with E-state index >= 15 is 0 Å². The zero-order valence-corrected chi connectivity index (χ0v) is 16.3. The van der Waals surface area contributed by atoms with Crippen LogP contribution in [0.25, 0.3) is 0 Å². The zero-order valence-electron chi connectivity index (χ0n) is 14.7. The van der Waals surface area contributed by atoms with Gasteiger partial charge in [-0.3, -0.25) is 19.6 Å². The summed E-state index contributed by atoms with van der Waals surface area (Å²) in [6, 6.07) is 7.54. The van der Waals surface area contributed by atoms with Crippen LogP contribution in [0.4, 0.5) is 17.1 Å². The minimum Gasteiger partial charge on any atom is -0.495 e. The van der Waals surface area contributed by atoms with Crippen molar-refractivity contribution in [2.45, 2.75) is 17.7 Å². The van der Waals surface area contributed by atoms with Crippen molar-refractivity contribution in [1.29, 1.82) is 0 Å². The average Bonchev–Trinajstić information content (AvgIpc) is 3.08. The van der Waals surface area contributed by atoms with Gasteiger partial charge in [0.05, 0.1) is 33.3 Å². The van der Waals surface area contributed by atoms with Gasteiger partial charge < -0.3 is 9.64 Å². The van der Waals surface area contributed by atoms with Gasteiger partial charge in [0, 0.05) is 25.1 Å². The largest absolute Gasteiger partial charge is 0.495 e. The molecule has 1 aliphatic heterocycles. The number of hydrogen-bond donors (Lipinski definition) is 1. The van der Waals surface area contributed by atoms with Gasteiger partial charge >= 0.3 is 0 Å². The maximum atomic E-state index is 12.8. The number of amides is 1. The number of ether oxygens (including phenoxy) is 1. The first-order valence-corrected chi connectivity index (χ1v) is 10.0. The van der Waals surface area contributed by atoms with E-state index in [1.165, 1.54) is 42.3 Å². The predicted octanol–water partition coefficient (Wildman–Crippen LogP) is 3.18. The van der Waals surface area contributed by atoms with E-state index in [0.717, 1.165) is 6.07 Å². The first kappa shape index (κ1) is 19.9. The molecule has 1 fully saturated rings. The summed E-state index contributed by atoms with van der Waals surface area (Å²) in [6.07, 6.45) is 1.04. The zero-order chi connectivity index (χ0) is 20.5. The minimum absolute atomic E-state index is 0.0117. The van der Waals surface area contributed by atoms with E-state index in [0.29, 0.717) is 30.8 Å². The summed E-state index contributed by atoms with van der Waals surface area (Å²) in [7, 11) is -2.70. The number of methoxy groups -OCH3 is 1. The van der Waals surface area contributed by atoms with E-state index in [2.05, 4.69) is 4.72 Å². The van der Waals surface area contributed by atoms with Gasteiger partial charge in [-0.05, 0) is 30.7 Å². The fraction of sp³-hybridized carbons (Fsp3) is 0.235. The number of sulfonamides is 1. The van der Waals surface area contributed by atoms with Crippen LogP contribution in [0.2, 0.25) is 5.02 Å². The number of rotatable bonds is 6. The molecule has 11 heteroatoms. The summed E-state index contributed by atoms with van der Waals surface area (Å²) in [5, 5.41) is 10.9. The molecule has 1 aliphatic rings. The van der Waals surface area contributed by atoms with Crippen LogP contribution in [0.1, 0.15) is 12.8 Å². The van der Waals surface area contributed by atoms with Crippen molar-refractivity contribution in [2.24, 2.45) is 0 Å². The standard InChI is InChI=1S/C17H16ClN3O6S/c1-27-16-7-5-12(10-15(16)20-8-2-3-17(20)22)28(25,26)19-14-9-11(21(23)24)4-6-13(14)18/h4-7,9-10,19H,2-3,8H2,1H3. The van der Waals surface area contributed by atoms with Crippen molar-refractivity contribution in [2.75, 3.05) is 23.3 Å². The van der Waals surface area contributed by atoms with Gasteiger partial charge in [-0.2, -0.15) is 0 Å². The molecular formula is C17H16ClN3O6S. The third-order valence-electron chi connectivity index (χ3n) is 4.23. The quantitative estimate of drug-likeness (QED) is 0.560. The van der Waals surface area contributed by atoms with Crippen molar-refractivity contribution >= 4 is 44.6 Å². The molecular weight excluding hydrogens is 410 g/mol. The highest BCUT2D eigenvalue weighted by Crippen LogP contribution is 2.35. The fourth-order valence-electron chi connectivity index (χ4n) is 2.86. The Morgan fingerprint density at radius 1 is 1.25 bits per heavy atom. The van der Waals surface area contributed by atoms with Crippen LogP contribution >= 0.6 is 11.6 Å². The molecule has 0 bridgehead atoms. The molecule has 0 radical (unpaired) electrons. The van der Waals surface area contributed by atoms with E-state index < -0.39 is 14.9 Å². The van der Waals surface area contributed by atoms with Crippen LogP contribution in [0.15, 0.2) is 41.3 Å². The SMILES string of the molecule is COc1ccc(S(=O)(=O)Nc2cc([N+](=O)[O-])ccc2Cl)cc1N1CCCC1=O. The summed E-state index contributed by atoms with van der Waals surface area (Å²) in [5.41, 5.74) is -0.0799. The maximum absolute atomic E-state index is 12.8. The second kappa shape index (κ2) is 7.64. The molecule has 0 aromatic heterocycles. The number of nitro groups is 1. The molecule has 0 spiro atoms. The van der Waals surface area contributed by atoms with E-state index in [4.69, 9.17) is 16.3 Å². The number of carbonyl (C=O) groups excluding carboxylic acids is 1. The summed E-state index contributed by atoms with van der Waals surface area (Å²) >= 11 is 5.97. The van der Waals surface area contributed by atoms with Crippen molar-refractivity contribution < 1.29 is 22.9 Å². The van der Waals surface area contributed by atoms with Crippen molar-refractivity contribution in [3.63, 3.8) is 0 Å². The molecule has 9 nitrogen and oxygen atoms in total. The highest BCUT2D eigenvalue weighted by molar-refractivity contribution is 7.92. The molecule has 0 saturated carbocycles. The Morgan fingerprint density at radius 2 is 2.00 bits per heavy atom. The molecule has 1 saturated heterocycles. The Hall–Kier alpha value is -2.85. The maximum Gasteiger partial charge on any atom is 0.271 e. The first-order chi connectivity index (χ1) is 13.2. The average molecular weight is 426 g/mol. The Labute approximate surface area is 166 Å². The number of nitro benzene ring substituents is 1. The number of halogens is 1. The Bertz CT molecular complexity index is 1060. The summed E-state index contributed by atoms with van der Waals surface area (Å²) in [5.74, 6) is 0.241. The Kier molecular flexibility index (Phi) is 5.43. The highest BCUT2D eigenvalue weighted by Gasteiger charge is 2.27. The third kappa shape index (κ3) is 3.87. The van der Waals surface area contributed by atoms with Gasteiger partial charge in [0.15, 0.2) is 0 Å². The summed E-state index contributed by atoms with van der Waals surface area (Å²) < 4.78 is 33.1. The lowest BCUT2D eigenvalue weighted by atomic mass is 10.2. The molecule has 28 heavy (non-hydrogen) atoms. The molecule has 2 aromatic carbocycles. The summed E-state index contributed by atoms with van der Waals surface area (Å²) in [4.78, 5) is 23.7. The molecule has 148 valence electrons. The molecule has 0 aliphatic carbocycles. The van der Waals surface area contributed by atoms with Gasteiger partial charge in [-0.1, -0.05) is 11.6 Å². The van der Waals surface area contributed by atoms with Gasteiger partial charge in [0.1, 0.15) is 5.75 Å². The lowest BCUT2D eigenvalue weighted by molar-refractivity contribution is -0.384. The number of anilines is 2. The Morgan fingerprint density at radius 3 is 2.61 bits per heavy atom. The monoisotopic (exact) mass is 425 g/mol. The highest BCUT2D eigenvalue weighted by atomic mass is 35.5. The number of hydrogen-bond acceptors (Lipinski definition) is 6. The predicted molar refractivity (Wildman–Crippen MR) is 103 cm³/mol. The van der Waals surface area contributed by atoms with Crippen LogP contribution in [0.3, 0.4) is 0 Å². The Balaban J connectivity index is 2.00. The second-order valence-corrected chi connectivity index (χ2v) is 8.10. The van der Waals surface area contributed by atoms with E-state index in [1.54, 1.807) is 0 Å². The number of benzene rings is 2. The van der Waals surface area contributed by atoms with Gasteiger partial charge in [-0.25, -0.2) is 8.42 Å². The molecule has 0 atom stereocenters. The van der Waals surface area contributed by atoms with Crippen molar-refractivity contribution in [3.05, 3.63) is 51.5 Å². The van der Waals surface area contributed by atoms with Crippen LogP contribution in [0.5, 0.6) is 5.75 Å². The van der Waals surface area contributed by atoms with Crippen LogP contribution in [-0.2, 0) is 14.8 Å². The number of carbonyl (C=O) groups is 1. The smallest absolute Gasteiger partial charge is 0.271 e. The molecule has 1 amide bonds. The van der Waals surface area contributed by atoms with E-state index in [9.17, 15) is 23.3 Å². The van der Waals surface area contributed by atoms with Crippen molar-refractivity contribution in [1.82, 2.24) is 0 Å². The third-order valence-corrected chi connectivity index (χ3v) is 5.92. The summed E-state index contributed by atoms with van der Waals surface area (Å²) in [6.45, 7) is 0.461.